The number of carbonyl (C=O) groups is 1. The van der Waals surface area contributed by atoms with Gasteiger partial charge < -0.3 is 20.0 Å². The summed E-state index contributed by atoms with van der Waals surface area (Å²) >= 11 is 0. The molecule has 3 rings (SSSR count). The van der Waals surface area contributed by atoms with E-state index in [9.17, 15) is 4.79 Å². The van der Waals surface area contributed by atoms with Crippen molar-refractivity contribution < 1.29 is 9.21 Å². The molecule has 1 heterocycles. The predicted molar refractivity (Wildman–Crippen MR) is 127 cm³/mol. The second-order valence-electron chi connectivity index (χ2n) is 6.37. The van der Waals surface area contributed by atoms with Gasteiger partial charge in [0.05, 0.1) is 6.26 Å². The predicted octanol–water partition coefficient (Wildman–Crippen LogP) is 4.36. The number of carbonyl (C=O) groups excluding carboxylic acids is 1. The molecule has 0 bridgehead atoms. The molecule has 29 heavy (non-hydrogen) atoms. The lowest BCUT2D eigenvalue weighted by Gasteiger charge is -2.22. The number of aliphatic imine (C=N–C) groups is 1. The summed E-state index contributed by atoms with van der Waals surface area (Å²) in [6, 6.07) is 21.3. The van der Waals surface area contributed by atoms with Crippen LogP contribution in [0.5, 0.6) is 0 Å². The SMILES string of the molecule is CN=C(NCc1ccc(NC(=O)c2ccco2)cc1)N(C)Cc1ccccc1.I. The van der Waals surface area contributed by atoms with Crippen molar-refractivity contribution in [1.82, 2.24) is 10.2 Å². The number of guanidine groups is 1. The summed E-state index contributed by atoms with van der Waals surface area (Å²) in [4.78, 5) is 18.4. The van der Waals surface area contributed by atoms with Gasteiger partial charge in [0.15, 0.2) is 11.7 Å². The number of hydrogen-bond acceptors (Lipinski definition) is 3. The van der Waals surface area contributed by atoms with Crippen LogP contribution in [-0.4, -0.2) is 30.9 Å². The number of amides is 1. The van der Waals surface area contributed by atoms with E-state index in [0.717, 1.165) is 23.8 Å². The molecule has 1 amide bonds. The number of benzene rings is 2. The third-order valence-corrected chi connectivity index (χ3v) is 4.24. The van der Waals surface area contributed by atoms with Crippen molar-refractivity contribution in [1.29, 1.82) is 0 Å². The first kappa shape index (κ1) is 22.5. The van der Waals surface area contributed by atoms with Gasteiger partial charge in [-0.15, -0.1) is 24.0 Å². The minimum atomic E-state index is -0.265. The van der Waals surface area contributed by atoms with E-state index in [4.69, 9.17) is 4.42 Å². The molecule has 0 spiro atoms. The van der Waals surface area contributed by atoms with E-state index in [2.05, 4.69) is 32.7 Å². The number of nitrogens with one attached hydrogen (secondary N) is 2. The fraction of sp³-hybridized carbons (Fsp3) is 0.182. The second-order valence-corrected chi connectivity index (χ2v) is 6.37. The highest BCUT2D eigenvalue weighted by molar-refractivity contribution is 14.0. The van der Waals surface area contributed by atoms with E-state index in [1.807, 2.05) is 49.5 Å². The van der Waals surface area contributed by atoms with Gasteiger partial charge in [-0.25, -0.2) is 0 Å². The van der Waals surface area contributed by atoms with Crippen molar-refractivity contribution in [3.8, 4) is 0 Å². The van der Waals surface area contributed by atoms with Crippen LogP contribution in [0.2, 0.25) is 0 Å². The molecule has 0 fully saturated rings. The van der Waals surface area contributed by atoms with Crippen LogP contribution in [0.1, 0.15) is 21.7 Å². The van der Waals surface area contributed by atoms with Crippen molar-refractivity contribution in [2.24, 2.45) is 4.99 Å². The Kier molecular flexibility index (Phi) is 8.72. The van der Waals surface area contributed by atoms with Gasteiger partial charge in [-0.05, 0) is 35.4 Å². The summed E-state index contributed by atoms with van der Waals surface area (Å²) in [5.74, 6) is 0.842. The third kappa shape index (κ3) is 6.63. The largest absolute Gasteiger partial charge is 0.459 e. The minimum absolute atomic E-state index is 0. The number of furan rings is 1. The maximum absolute atomic E-state index is 12.0. The lowest BCUT2D eigenvalue weighted by Crippen LogP contribution is -2.38. The Hall–Kier alpha value is -2.81. The molecule has 0 aliphatic carbocycles. The Morgan fingerprint density at radius 1 is 1.00 bits per heavy atom. The van der Waals surface area contributed by atoms with E-state index in [-0.39, 0.29) is 35.6 Å². The topological polar surface area (TPSA) is 69.9 Å². The van der Waals surface area contributed by atoms with Gasteiger partial charge in [-0.1, -0.05) is 42.5 Å². The summed E-state index contributed by atoms with van der Waals surface area (Å²) < 4.78 is 5.09. The molecule has 0 unspecified atom stereocenters. The molecule has 2 aromatic carbocycles. The van der Waals surface area contributed by atoms with E-state index in [0.29, 0.717) is 6.54 Å². The van der Waals surface area contributed by atoms with Crippen LogP contribution in [-0.2, 0) is 13.1 Å². The maximum Gasteiger partial charge on any atom is 0.291 e. The van der Waals surface area contributed by atoms with Gasteiger partial charge >= 0.3 is 0 Å². The summed E-state index contributed by atoms with van der Waals surface area (Å²) in [6.07, 6.45) is 1.48. The Bertz CT molecular complexity index is 910. The number of halogens is 1. The lowest BCUT2D eigenvalue weighted by atomic mass is 10.2. The monoisotopic (exact) mass is 504 g/mol. The van der Waals surface area contributed by atoms with Gasteiger partial charge in [0.1, 0.15) is 0 Å². The molecule has 1 aromatic heterocycles. The zero-order valence-electron chi connectivity index (χ0n) is 16.5. The summed E-state index contributed by atoms with van der Waals surface area (Å²) in [5.41, 5.74) is 3.03. The molecule has 0 atom stereocenters. The second kappa shape index (κ2) is 11.3. The smallest absolute Gasteiger partial charge is 0.291 e. The molecular formula is C22H25IN4O2. The van der Waals surface area contributed by atoms with Gasteiger partial charge in [-0.2, -0.15) is 0 Å². The van der Waals surface area contributed by atoms with E-state index < -0.39 is 0 Å². The zero-order chi connectivity index (χ0) is 19.8. The molecule has 0 saturated heterocycles. The zero-order valence-corrected chi connectivity index (χ0v) is 18.8. The summed E-state index contributed by atoms with van der Waals surface area (Å²) in [5, 5.41) is 6.17. The van der Waals surface area contributed by atoms with Crippen LogP contribution in [0, 0.1) is 0 Å². The molecule has 0 saturated carbocycles. The highest BCUT2D eigenvalue weighted by atomic mass is 127. The van der Waals surface area contributed by atoms with Crippen LogP contribution in [0.4, 0.5) is 5.69 Å². The number of rotatable bonds is 6. The quantitative estimate of drug-likeness (QED) is 0.298. The van der Waals surface area contributed by atoms with Gasteiger partial charge in [0.25, 0.3) is 5.91 Å². The first-order valence-corrected chi connectivity index (χ1v) is 9.05. The van der Waals surface area contributed by atoms with Gasteiger partial charge in [0, 0.05) is 32.9 Å². The standard InChI is InChI=1S/C22H24N4O2.HI/c1-23-22(26(2)16-18-7-4-3-5-8-18)24-15-17-10-12-19(13-11-17)25-21(27)20-9-6-14-28-20;/h3-14H,15-16H2,1-2H3,(H,23,24)(H,25,27);1H. The van der Waals surface area contributed by atoms with Crippen molar-refractivity contribution in [2.45, 2.75) is 13.1 Å². The number of nitrogens with zero attached hydrogens (tertiary/aromatic N) is 2. The van der Waals surface area contributed by atoms with Crippen molar-refractivity contribution >= 4 is 41.5 Å². The number of hydrogen-bond donors (Lipinski definition) is 2. The van der Waals surface area contributed by atoms with Crippen LogP contribution in [0.25, 0.3) is 0 Å². The first-order chi connectivity index (χ1) is 13.7. The Morgan fingerprint density at radius 3 is 2.34 bits per heavy atom. The van der Waals surface area contributed by atoms with Gasteiger partial charge in [0.2, 0.25) is 0 Å². The fourth-order valence-corrected chi connectivity index (χ4v) is 2.80. The van der Waals surface area contributed by atoms with Crippen LogP contribution < -0.4 is 10.6 Å². The Balaban J connectivity index is 0.00000300. The molecule has 0 aliphatic heterocycles. The normalized spacial score (nSPS) is 10.8. The minimum Gasteiger partial charge on any atom is -0.459 e. The molecule has 7 heteroatoms. The molecule has 3 aromatic rings. The van der Waals surface area contributed by atoms with E-state index >= 15 is 0 Å². The molecule has 2 N–H and O–H groups in total. The average molecular weight is 504 g/mol. The van der Waals surface area contributed by atoms with Crippen molar-refractivity contribution in [2.75, 3.05) is 19.4 Å². The lowest BCUT2D eigenvalue weighted by molar-refractivity contribution is 0.0996. The van der Waals surface area contributed by atoms with Crippen molar-refractivity contribution in [3.05, 3.63) is 89.9 Å². The highest BCUT2D eigenvalue weighted by Crippen LogP contribution is 2.12. The molecule has 6 nitrogen and oxygen atoms in total. The van der Waals surface area contributed by atoms with Crippen LogP contribution in [0.15, 0.2) is 82.4 Å². The van der Waals surface area contributed by atoms with Gasteiger partial charge in [-0.3, -0.25) is 9.79 Å². The Morgan fingerprint density at radius 2 is 1.72 bits per heavy atom. The molecular weight excluding hydrogens is 479 g/mol. The average Bonchev–Trinajstić information content (AvgIpc) is 3.25. The summed E-state index contributed by atoms with van der Waals surface area (Å²) in [6.45, 7) is 1.41. The van der Waals surface area contributed by atoms with E-state index in [1.165, 1.54) is 11.8 Å². The third-order valence-electron chi connectivity index (χ3n) is 4.24. The number of anilines is 1. The first-order valence-electron chi connectivity index (χ1n) is 9.05. The summed E-state index contributed by atoms with van der Waals surface area (Å²) in [7, 11) is 3.78. The van der Waals surface area contributed by atoms with Crippen LogP contribution >= 0.6 is 24.0 Å². The van der Waals surface area contributed by atoms with Crippen molar-refractivity contribution in [3.63, 3.8) is 0 Å². The fourth-order valence-electron chi connectivity index (χ4n) is 2.80. The molecule has 0 aliphatic rings. The highest BCUT2D eigenvalue weighted by Gasteiger charge is 2.09. The molecule has 0 radical (unpaired) electrons. The molecule has 152 valence electrons. The van der Waals surface area contributed by atoms with Crippen LogP contribution in [0.3, 0.4) is 0 Å². The Labute approximate surface area is 188 Å². The maximum atomic E-state index is 12.0. The van der Waals surface area contributed by atoms with E-state index in [1.54, 1.807) is 19.2 Å².